The summed E-state index contributed by atoms with van der Waals surface area (Å²) in [5.41, 5.74) is 0.721. The molecule has 1 aromatic heterocycles. The largest absolute Gasteiger partial charge is 0.450 e. The van der Waals surface area contributed by atoms with E-state index in [0.717, 1.165) is 0 Å². The van der Waals surface area contributed by atoms with E-state index in [2.05, 4.69) is 14.7 Å². The molecule has 0 atom stereocenters. The van der Waals surface area contributed by atoms with Crippen molar-refractivity contribution in [3.63, 3.8) is 0 Å². The Hall–Kier alpha value is -2.25. The molecule has 0 bridgehead atoms. The molecule has 0 saturated carbocycles. The van der Waals surface area contributed by atoms with Gasteiger partial charge in [0.15, 0.2) is 0 Å². The van der Waals surface area contributed by atoms with Gasteiger partial charge in [0.25, 0.3) is 0 Å². The molecule has 0 aliphatic rings. The highest BCUT2D eigenvalue weighted by Gasteiger charge is 2.39. The van der Waals surface area contributed by atoms with Gasteiger partial charge in [-0.25, -0.2) is 4.39 Å². The van der Waals surface area contributed by atoms with Crippen LogP contribution in [0.3, 0.4) is 0 Å². The molecule has 106 valence electrons. The molecule has 1 heterocycles. The van der Waals surface area contributed by atoms with Crippen molar-refractivity contribution in [1.82, 2.24) is 10.1 Å². The molecule has 1 aromatic carbocycles. The van der Waals surface area contributed by atoms with Crippen LogP contribution in [0, 0.1) is 12.7 Å². The third-order valence-corrected chi connectivity index (χ3v) is 2.51. The van der Waals surface area contributed by atoms with Crippen LogP contribution in [0.2, 0.25) is 0 Å². The fourth-order valence-corrected chi connectivity index (χ4v) is 1.47. The molecule has 2 rings (SSSR count). The molecule has 0 unspecified atom stereocenters. The molecule has 0 aliphatic heterocycles. The van der Waals surface area contributed by atoms with E-state index >= 15 is 0 Å². The van der Waals surface area contributed by atoms with Gasteiger partial charge in [0.1, 0.15) is 5.82 Å². The number of rotatable bonds is 3. The molecule has 0 N–H and O–H groups in total. The second-order valence-electron chi connectivity index (χ2n) is 4.07. The Morgan fingerprint density at radius 3 is 2.65 bits per heavy atom. The number of benzene rings is 1. The molecule has 2 aromatic rings. The molecular weight excluding hydrogens is 280 g/mol. The minimum absolute atomic E-state index is 0.00178. The van der Waals surface area contributed by atoms with E-state index in [0.29, 0.717) is 11.1 Å². The summed E-state index contributed by atoms with van der Waals surface area (Å²) >= 11 is 0. The highest BCUT2D eigenvalue weighted by molar-refractivity contribution is 5.85. The van der Waals surface area contributed by atoms with Gasteiger partial charge in [-0.1, -0.05) is 5.16 Å². The highest BCUT2D eigenvalue weighted by Crippen LogP contribution is 2.21. The monoisotopic (exact) mass is 288 g/mol. The third kappa shape index (κ3) is 3.01. The first-order valence-electron chi connectivity index (χ1n) is 5.46. The van der Waals surface area contributed by atoms with Crippen LogP contribution in [0.15, 0.2) is 22.7 Å². The summed E-state index contributed by atoms with van der Waals surface area (Å²) < 4.78 is 53.9. The van der Waals surface area contributed by atoms with Crippen molar-refractivity contribution in [3.8, 4) is 11.4 Å². The van der Waals surface area contributed by atoms with Crippen molar-refractivity contribution in [1.29, 1.82) is 0 Å². The molecule has 8 heteroatoms. The second-order valence-corrected chi connectivity index (χ2v) is 4.07. The van der Waals surface area contributed by atoms with Gasteiger partial charge in [-0.15, -0.1) is 0 Å². The summed E-state index contributed by atoms with van der Waals surface area (Å²) in [4.78, 5) is 14.5. The highest BCUT2D eigenvalue weighted by atomic mass is 19.4. The van der Waals surface area contributed by atoms with Gasteiger partial charge in [0.05, 0.1) is 6.42 Å². The third-order valence-electron chi connectivity index (χ3n) is 2.51. The number of carbonyl (C=O) groups is 1. The van der Waals surface area contributed by atoms with E-state index in [4.69, 9.17) is 0 Å². The van der Waals surface area contributed by atoms with Crippen LogP contribution in [0.5, 0.6) is 0 Å². The summed E-state index contributed by atoms with van der Waals surface area (Å²) in [5, 5.41) is 3.46. The lowest BCUT2D eigenvalue weighted by Gasteiger charge is -2.01. The first kappa shape index (κ1) is 14.2. The first-order chi connectivity index (χ1) is 9.27. The van der Waals surface area contributed by atoms with E-state index in [1.165, 1.54) is 25.1 Å². The summed E-state index contributed by atoms with van der Waals surface area (Å²) in [7, 11) is 0. The molecule has 0 spiro atoms. The lowest BCUT2D eigenvalue weighted by atomic mass is 10.1. The van der Waals surface area contributed by atoms with Gasteiger partial charge in [0, 0.05) is 5.56 Å². The second kappa shape index (κ2) is 5.03. The Morgan fingerprint density at radius 2 is 2.05 bits per heavy atom. The SMILES string of the molecule is Cc1cc(-c2noc(CC(=O)C(F)(F)F)n2)ccc1F. The number of aromatic nitrogens is 2. The molecule has 0 radical (unpaired) electrons. The Labute approximate surface area is 110 Å². The maximum absolute atomic E-state index is 13.1. The zero-order valence-electron chi connectivity index (χ0n) is 10.2. The van der Waals surface area contributed by atoms with Gasteiger partial charge in [-0.05, 0) is 30.7 Å². The van der Waals surface area contributed by atoms with E-state index in [1.54, 1.807) is 0 Å². The zero-order valence-corrected chi connectivity index (χ0v) is 10.2. The number of alkyl halides is 3. The summed E-state index contributed by atoms with van der Waals surface area (Å²) in [5.74, 6) is -2.84. The van der Waals surface area contributed by atoms with E-state index in [1.807, 2.05) is 0 Å². The number of ketones is 1. The van der Waals surface area contributed by atoms with E-state index in [-0.39, 0.29) is 5.82 Å². The molecular formula is C12H8F4N2O2. The fraction of sp³-hybridized carbons (Fsp3) is 0.250. The van der Waals surface area contributed by atoms with Gasteiger partial charge >= 0.3 is 6.18 Å². The van der Waals surface area contributed by atoms with Crippen LogP contribution in [0.4, 0.5) is 17.6 Å². The lowest BCUT2D eigenvalue weighted by molar-refractivity contribution is -0.170. The van der Waals surface area contributed by atoms with E-state index in [9.17, 15) is 22.4 Å². The Bertz CT molecular complexity index is 649. The van der Waals surface area contributed by atoms with E-state index < -0.39 is 30.1 Å². The van der Waals surface area contributed by atoms with Crippen LogP contribution in [-0.4, -0.2) is 22.1 Å². The number of hydrogen-bond acceptors (Lipinski definition) is 4. The maximum Gasteiger partial charge on any atom is 0.450 e. The molecule has 0 amide bonds. The Morgan fingerprint density at radius 1 is 1.35 bits per heavy atom. The lowest BCUT2D eigenvalue weighted by Crippen LogP contribution is -2.24. The van der Waals surface area contributed by atoms with Gasteiger partial charge < -0.3 is 4.52 Å². The fourth-order valence-electron chi connectivity index (χ4n) is 1.47. The molecule has 0 aliphatic carbocycles. The van der Waals surface area contributed by atoms with Gasteiger partial charge in [-0.3, -0.25) is 4.79 Å². The maximum atomic E-state index is 13.1. The summed E-state index contributed by atoms with van der Waals surface area (Å²) in [6.45, 7) is 1.52. The number of carbonyl (C=O) groups excluding carboxylic acids is 1. The van der Waals surface area contributed by atoms with Crippen LogP contribution >= 0.6 is 0 Å². The normalized spacial score (nSPS) is 11.7. The van der Waals surface area contributed by atoms with Crippen LogP contribution in [0.25, 0.3) is 11.4 Å². The predicted molar refractivity (Wildman–Crippen MR) is 59.2 cm³/mol. The van der Waals surface area contributed by atoms with Crippen molar-refractivity contribution in [2.24, 2.45) is 0 Å². The molecule has 20 heavy (non-hydrogen) atoms. The van der Waals surface area contributed by atoms with Gasteiger partial charge in [0.2, 0.25) is 17.5 Å². The summed E-state index contributed by atoms with van der Waals surface area (Å²) in [6.07, 6.45) is -5.96. The standard InChI is InChI=1S/C12H8F4N2O2/c1-6-4-7(2-3-8(6)13)11-17-10(20-18-11)5-9(19)12(14,15)16/h2-4H,5H2,1H3. The van der Waals surface area contributed by atoms with Crippen LogP contribution in [-0.2, 0) is 11.2 Å². The number of aryl methyl sites for hydroxylation is 1. The zero-order chi connectivity index (χ0) is 14.9. The minimum Gasteiger partial charge on any atom is -0.338 e. The average Bonchev–Trinajstić information content (AvgIpc) is 2.80. The van der Waals surface area contributed by atoms with Crippen molar-refractivity contribution in [2.75, 3.05) is 0 Å². The smallest absolute Gasteiger partial charge is 0.338 e. The number of hydrogen-bond donors (Lipinski definition) is 0. The van der Waals surface area contributed by atoms with Crippen molar-refractivity contribution in [3.05, 3.63) is 35.5 Å². The predicted octanol–water partition coefficient (Wildman–Crippen LogP) is 2.86. The number of halogens is 4. The molecule has 0 fully saturated rings. The average molecular weight is 288 g/mol. The summed E-state index contributed by atoms with van der Waals surface area (Å²) in [6, 6.07) is 3.97. The van der Waals surface area contributed by atoms with Crippen molar-refractivity contribution in [2.45, 2.75) is 19.5 Å². The molecule has 4 nitrogen and oxygen atoms in total. The van der Waals surface area contributed by atoms with Crippen molar-refractivity contribution >= 4 is 5.78 Å². The topological polar surface area (TPSA) is 56.0 Å². The first-order valence-corrected chi connectivity index (χ1v) is 5.46. The Balaban J connectivity index is 2.21. The van der Waals surface area contributed by atoms with Crippen LogP contribution < -0.4 is 0 Å². The quantitative estimate of drug-likeness (QED) is 0.815. The minimum atomic E-state index is -4.94. The number of nitrogens with zero attached hydrogens (tertiary/aromatic N) is 2. The van der Waals surface area contributed by atoms with Gasteiger partial charge in [-0.2, -0.15) is 18.2 Å². The Kier molecular flexibility index (Phi) is 3.56. The molecule has 0 saturated heterocycles. The van der Waals surface area contributed by atoms with Crippen LogP contribution in [0.1, 0.15) is 11.5 Å². The number of Topliss-reactive ketones (excluding diaryl/α,β-unsaturated/α-hetero) is 1. The van der Waals surface area contributed by atoms with Crippen molar-refractivity contribution < 1.29 is 26.9 Å².